The smallest absolute Gasteiger partial charge is 0.253 e. The van der Waals surface area contributed by atoms with E-state index in [0.717, 1.165) is 11.3 Å². The van der Waals surface area contributed by atoms with Gasteiger partial charge in [0, 0.05) is 19.7 Å². The van der Waals surface area contributed by atoms with Gasteiger partial charge in [-0.15, -0.1) is 0 Å². The van der Waals surface area contributed by atoms with E-state index < -0.39 is 0 Å². The molecule has 4 nitrogen and oxygen atoms in total. The summed E-state index contributed by atoms with van der Waals surface area (Å²) in [5.74, 6) is 1.14. The maximum Gasteiger partial charge on any atom is 0.253 e. The Morgan fingerprint density at radius 1 is 1.10 bits per heavy atom. The fourth-order valence-corrected chi connectivity index (χ4v) is 1.80. The van der Waals surface area contributed by atoms with Crippen molar-refractivity contribution < 1.29 is 9.53 Å². The van der Waals surface area contributed by atoms with Gasteiger partial charge in [-0.05, 0) is 36.8 Å². The Labute approximate surface area is 118 Å². The van der Waals surface area contributed by atoms with Crippen molar-refractivity contribution in [1.29, 1.82) is 0 Å². The molecular formula is C16H18N2O2. The van der Waals surface area contributed by atoms with Gasteiger partial charge in [0.25, 0.3) is 5.91 Å². The third kappa shape index (κ3) is 2.91. The summed E-state index contributed by atoms with van der Waals surface area (Å²) in [5.41, 5.74) is 7.98. The predicted octanol–water partition coefficient (Wildman–Crippen LogP) is 3.07. The Morgan fingerprint density at radius 2 is 1.80 bits per heavy atom. The van der Waals surface area contributed by atoms with E-state index >= 15 is 0 Å². The van der Waals surface area contributed by atoms with Gasteiger partial charge in [0.2, 0.25) is 0 Å². The van der Waals surface area contributed by atoms with Gasteiger partial charge in [0.05, 0.1) is 5.69 Å². The van der Waals surface area contributed by atoms with Crippen molar-refractivity contribution in [2.75, 3.05) is 19.8 Å². The lowest BCUT2D eigenvalue weighted by atomic mass is 10.1. The average Bonchev–Trinajstić information content (AvgIpc) is 2.42. The summed E-state index contributed by atoms with van der Waals surface area (Å²) in [4.78, 5) is 13.5. The van der Waals surface area contributed by atoms with E-state index in [0.29, 0.717) is 17.0 Å². The number of ether oxygens (including phenoxy) is 1. The van der Waals surface area contributed by atoms with Crippen LogP contribution in [0.4, 0.5) is 5.69 Å². The molecule has 0 unspecified atom stereocenters. The highest BCUT2D eigenvalue weighted by atomic mass is 16.5. The van der Waals surface area contributed by atoms with Gasteiger partial charge in [-0.3, -0.25) is 4.79 Å². The van der Waals surface area contributed by atoms with Crippen LogP contribution in [0.2, 0.25) is 0 Å². The summed E-state index contributed by atoms with van der Waals surface area (Å²) >= 11 is 0. The van der Waals surface area contributed by atoms with Crippen molar-refractivity contribution in [2.45, 2.75) is 6.92 Å². The van der Waals surface area contributed by atoms with Crippen LogP contribution in [0.5, 0.6) is 11.5 Å². The number of benzene rings is 2. The number of nitrogens with two attached hydrogens (primary N) is 1. The highest BCUT2D eigenvalue weighted by molar-refractivity contribution is 5.94. The fourth-order valence-electron chi connectivity index (χ4n) is 1.80. The van der Waals surface area contributed by atoms with Gasteiger partial charge in [0.1, 0.15) is 5.75 Å². The first-order valence-electron chi connectivity index (χ1n) is 6.33. The summed E-state index contributed by atoms with van der Waals surface area (Å²) in [6.45, 7) is 1.96. The Morgan fingerprint density at radius 3 is 2.45 bits per heavy atom. The Balaban J connectivity index is 2.35. The Hall–Kier alpha value is -2.49. The van der Waals surface area contributed by atoms with Crippen LogP contribution >= 0.6 is 0 Å². The molecule has 0 saturated heterocycles. The van der Waals surface area contributed by atoms with Gasteiger partial charge in [-0.2, -0.15) is 0 Å². The quantitative estimate of drug-likeness (QED) is 0.872. The zero-order valence-electron chi connectivity index (χ0n) is 11.9. The second kappa shape index (κ2) is 5.65. The minimum absolute atomic E-state index is 0.0837. The molecule has 0 radical (unpaired) electrons. The minimum atomic E-state index is -0.0837. The molecule has 0 fully saturated rings. The van der Waals surface area contributed by atoms with E-state index in [9.17, 15) is 4.79 Å². The molecule has 0 atom stereocenters. The van der Waals surface area contributed by atoms with Gasteiger partial charge >= 0.3 is 0 Å². The molecule has 2 N–H and O–H groups in total. The number of aryl methyl sites for hydroxylation is 1. The first kappa shape index (κ1) is 13.9. The Kier molecular flexibility index (Phi) is 3.94. The van der Waals surface area contributed by atoms with Crippen LogP contribution in [-0.4, -0.2) is 24.9 Å². The van der Waals surface area contributed by atoms with Crippen LogP contribution in [0.3, 0.4) is 0 Å². The second-order valence-corrected chi connectivity index (χ2v) is 4.82. The molecule has 104 valence electrons. The largest absolute Gasteiger partial charge is 0.455 e. The molecule has 0 bridgehead atoms. The zero-order chi connectivity index (χ0) is 14.7. The molecular weight excluding hydrogens is 252 g/mol. The fraction of sp³-hybridized carbons (Fsp3) is 0.188. The predicted molar refractivity (Wildman–Crippen MR) is 80.1 cm³/mol. The third-order valence-corrected chi connectivity index (χ3v) is 2.98. The SMILES string of the molecule is Cc1ccccc1Oc1cc(C(=O)N(C)C)ccc1N. The summed E-state index contributed by atoms with van der Waals surface area (Å²) in [6.07, 6.45) is 0. The number of para-hydroxylation sites is 1. The highest BCUT2D eigenvalue weighted by Crippen LogP contribution is 2.30. The van der Waals surface area contributed by atoms with Crippen molar-refractivity contribution in [1.82, 2.24) is 4.90 Å². The zero-order valence-corrected chi connectivity index (χ0v) is 11.9. The number of carbonyl (C=O) groups excluding carboxylic acids is 1. The molecule has 2 aromatic rings. The minimum Gasteiger partial charge on any atom is -0.455 e. The normalized spacial score (nSPS) is 10.2. The molecule has 0 aliphatic rings. The van der Waals surface area contributed by atoms with E-state index in [1.54, 1.807) is 32.3 Å². The average molecular weight is 270 g/mol. The molecule has 2 rings (SSSR count). The van der Waals surface area contributed by atoms with E-state index in [-0.39, 0.29) is 5.91 Å². The number of amides is 1. The molecule has 0 saturated carbocycles. The number of nitrogen functional groups attached to an aromatic ring is 1. The maximum absolute atomic E-state index is 12.0. The third-order valence-electron chi connectivity index (χ3n) is 2.98. The molecule has 0 aromatic heterocycles. The number of rotatable bonds is 3. The summed E-state index contributed by atoms with van der Waals surface area (Å²) in [7, 11) is 3.42. The molecule has 0 aliphatic carbocycles. The van der Waals surface area contributed by atoms with Gasteiger partial charge < -0.3 is 15.4 Å². The van der Waals surface area contributed by atoms with Crippen LogP contribution < -0.4 is 10.5 Å². The molecule has 0 spiro atoms. The first-order valence-corrected chi connectivity index (χ1v) is 6.33. The van der Waals surface area contributed by atoms with E-state index in [1.807, 2.05) is 31.2 Å². The molecule has 2 aromatic carbocycles. The number of anilines is 1. The van der Waals surface area contributed by atoms with E-state index in [1.165, 1.54) is 4.90 Å². The molecule has 0 aliphatic heterocycles. The summed E-state index contributed by atoms with van der Waals surface area (Å²) in [5, 5.41) is 0. The van der Waals surface area contributed by atoms with E-state index in [4.69, 9.17) is 10.5 Å². The van der Waals surface area contributed by atoms with Crippen LogP contribution in [0.1, 0.15) is 15.9 Å². The van der Waals surface area contributed by atoms with Crippen molar-refractivity contribution >= 4 is 11.6 Å². The standard InChI is InChI=1S/C16H18N2O2/c1-11-6-4-5-7-14(11)20-15-10-12(8-9-13(15)17)16(19)18(2)3/h4-10H,17H2,1-3H3. The number of hydrogen-bond acceptors (Lipinski definition) is 3. The van der Waals surface area contributed by atoms with Crippen LogP contribution in [0.25, 0.3) is 0 Å². The van der Waals surface area contributed by atoms with Gasteiger partial charge in [-0.1, -0.05) is 18.2 Å². The van der Waals surface area contributed by atoms with E-state index in [2.05, 4.69) is 0 Å². The molecule has 1 amide bonds. The van der Waals surface area contributed by atoms with Crippen molar-refractivity contribution in [3.63, 3.8) is 0 Å². The lowest BCUT2D eigenvalue weighted by Crippen LogP contribution is -2.21. The maximum atomic E-state index is 12.0. The number of hydrogen-bond donors (Lipinski definition) is 1. The molecule has 4 heteroatoms. The second-order valence-electron chi connectivity index (χ2n) is 4.82. The Bertz CT molecular complexity index is 636. The van der Waals surface area contributed by atoms with Gasteiger partial charge in [-0.25, -0.2) is 0 Å². The lowest BCUT2D eigenvalue weighted by molar-refractivity contribution is 0.0827. The number of nitrogens with zero attached hydrogens (tertiary/aromatic N) is 1. The number of carbonyl (C=O) groups is 1. The molecule has 0 heterocycles. The van der Waals surface area contributed by atoms with Crippen molar-refractivity contribution in [2.24, 2.45) is 0 Å². The lowest BCUT2D eigenvalue weighted by Gasteiger charge is -2.14. The topological polar surface area (TPSA) is 55.6 Å². The summed E-state index contributed by atoms with van der Waals surface area (Å²) in [6, 6.07) is 12.7. The summed E-state index contributed by atoms with van der Waals surface area (Å²) < 4.78 is 5.81. The van der Waals surface area contributed by atoms with Crippen molar-refractivity contribution in [3.8, 4) is 11.5 Å². The molecule has 20 heavy (non-hydrogen) atoms. The monoisotopic (exact) mass is 270 g/mol. The van der Waals surface area contributed by atoms with Crippen LogP contribution in [0.15, 0.2) is 42.5 Å². The first-order chi connectivity index (χ1) is 9.49. The van der Waals surface area contributed by atoms with Crippen molar-refractivity contribution in [3.05, 3.63) is 53.6 Å². The van der Waals surface area contributed by atoms with Crippen LogP contribution in [0, 0.1) is 6.92 Å². The van der Waals surface area contributed by atoms with Crippen LogP contribution in [-0.2, 0) is 0 Å². The highest BCUT2D eigenvalue weighted by Gasteiger charge is 2.12. The van der Waals surface area contributed by atoms with Gasteiger partial charge in [0.15, 0.2) is 5.75 Å².